The first-order valence-electron chi connectivity index (χ1n) is 6.57. The number of rotatable bonds is 5. The summed E-state index contributed by atoms with van der Waals surface area (Å²) in [6.07, 6.45) is 7.15. The Morgan fingerprint density at radius 1 is 1.47 bits per heavy atom. The predicted molar refractivity (Wildman–Crippen MR) is 71.1 cm³/mol. The Morgan fingerprint density at radius 3 is 3.12 bits per heavy atom. The molecule has 0 spiro atoms. The van der Waals surface area contributed by atoms with Crippen LogP contribution in [-0.2, 0) is 0 Å². The molecule has 0 radical (unpaired) electrons. The molecular formula is C14H19N3. The third-order valence-corrected chi connectivity index (χ3v) is 3.61. The van der Waals surface area contributed by atoms with Crippen LogP contribution >= 0.6 is 0 Å². The molecular weight excluding hydrogens is 210 g/mol. The zero-order valence-electron chi connectivity index (χ0n) is 10.2. The van der Waals surface area contributed by atoms with Gasteiger partial charge in [0.2, 0.25) is 0 Å². The molecule has 0 bridgehead atoms. The molecule has 1 fully saturated rings. The van der Waals surface area contributed by atoms with Gasteiger partial charge >= 0.3 is 0 Å². The van der Waals surface area contributed by atoms with E-state index in [2.05, 4.69) is 40.6 Å². The summed E-state index contributed by atoms with van der Waals surface area (Å²) in [5.74, 6) is 0.883. The highest BCUT2D eigenvalue weighted by Crippen LogP contribution is 2.37. The van der Waals surface area contributed by atoms with Crippen molar-refractivity contribution in [3.63, 3.8) is 0 Å². The highest BCUT2D eigenvalue weighted by molar-refractivity contribution is 5.90. The largest absolute Gasteiger partial charge is 0.380 e. The van der Waals surface area contributed by atoms with Gasteiger partial charge in [0.1, 0.15) is 0 Å². The molecule has 1 aromatic heterocycles. The van der Waals surface area contributed by atoms with Gasteiger partial charge in [-0.1, -0.05) is 25.5 Å². The standard InChI is InChI=1S/C14H19N3/c1-2-4-12(10-7-8-10)16-13-6-3-5-11-9-15-17-14(11)13/h3,5-6,9-10,12,16H,2,4,7-8H2,1H3,(H,15,17). The summed E-state index contributed by atoms with van der Waals surface area (Å²) in [7, 11) is 0. The van der Waals surface area contributed by atoms with Gasteiger partial charge in [-0.05, 0) is 31.2 Å². The Labute approximate surface area is 102 Å². The van der Waals surface area contributed by atoms with Crippen LogP contribution in [0.3, 0.4) is 0 Å². The number of aromatic amines is 1. The van der Waals surface area contributed by atoms with Gasteiger partial charge in [-0.2, -0.15) is 5.10 Å². The van der Waals surface area contributed by atoms with Crippen LogP contribution in [0.2, 0.25) is 0 Å². The number of aromatic nitrogens is 2. The molecule has 1 aromatic carbocycles. The zero-order chi connectivity index (χ0) is 11.7. The summed E-state index contributed by atoms with van der Waals surface area (Å²) in [6.45, 7) is 2.26. The van der Waals surface area contributed by atoms with Gasteiger partial charge in [-0.15, -0.1) is 0 Å². The molecule has 0 aliphatic heterocycles. The minimum Gasteiger partial charge on any atom is -0.380 e. The number of H-pyrrole nitrogens is 1. The molecule has 3 rings (SSSR count). The minimum absolute atomic E-state index is 0.633. The average molecular weight is 229 g/mol. The van der Waals surface area contributed by atoms with Crippen molar-refractivity contribution in [2.75, 3.05) is 5.32 Å². The normalized spacial score (nSPS) is 17.2. The smallest absolute Gasteiger partial charge is 0.0881 e. The molecule has 90 valence electrons. The Balaban J connectivity index is 1.85. The van der Waals surface area contributed by atoms with Gasteiger partial charge in [-0.3, -0.25) is 5.10 Å². The summed E-state index contributed by atoms with van der Waals surface area (Å²) in [5, 5.41) is 12.1. The Morgan fingerprint density at radius 2 is 2.35 bits per heavy atom. The molecule has 1 saturated carbocycles. The van der Waals surface area contributed by atoms with E-state index in [-0.39, 0.29) is 0 Å². The number of benzene rings is 1. The molecule has 1 unspecified atom stereocenters. The van der Waals surface area contributed by atoms with Crippen molar-refractivity contribution >= 4 is 16.6 Å². The second kappa shape index (κ2) is 4.40. The van der Waals surface area contributed by atoms with Gasteiger partial charge in [0, 0.05) is 11.4 Å². The second-order valence-electron chi connectivity index (χ2n) is 5.02. The maximum atomic E-state index is 4.11. The first-order valence-corrected chi connectivity index (χ1v) is 6.57. The van der Waals surface area contributed by atoms with Gasteiger partial charge in [0.25, 0.3) is 0 Å². The van der Waals surface area contributed by atoms with Crippen molar-refractivity contribution in [1.82, 2.24) is 10.2 Å². The Hall–Kier alpha value is -1.51. The quantitative estimate of drug-likeness (QED) is 0.823. The van der Waals surface area contributed by atoms with E-state index < -0.39 is 0 Å². The maximum Gasteiger partial charge on any atom is 0.0881 e. The molecule has 3 heteroatoms. The van der Waals surface area contributed by atoms with Crippen molar-refractivity contribution in [2.45, 2.75) is 38.6 Å². The summed E-state index contributed by atoms with van der Waals surface area (Å²) in [4.78, 5) is 0. The van der Waals surface area contributed by atoms with Crippen LogP contribution < -0.4 is 5.32 Å². The van der Waals surface area contributed by atoms with Crippen LogP contribution in [0.5, 0.6) is 0 Å². The van der Waals surface area contributed by atoms with Gasteiger partial charge < -0.3 is 5.32 Å². The molecule has 0 saturated heterocycles. The van der Waals surface area contributed by atoms with E-state index in [0.29, 0.717) is 6.04 Å². The van der Waals surface area contributed by atoms with Crippen LogP contribution in [0.15, 0.2) is 24.4 Å². The van der Waals surface area contributed by atoms with Crippen molar-refractivity contribution in [3.8, 4) is 0 Å². The molecule has 1 aliphatic rings. The van der Waals surface area contributed by atoms with Crippen LogP contribution in [0.25, 0.3) is 10.9 Å². The molecule has 0 amide bonds. The van der Waals surface area contributed by atoms with E-state index in [9.17, 15) is 0 Å². The predicted octanol–water partition coefficient (Wildman–Crippen LogP) is 3.55. The van der Waals surface area contributed by atoms with Crippen molar-refractivity contribution in [1.29, 1.82) is 0 Å². The fourth-order valence-electron chi connectivity index (χ4n) is 2.52. The monoisotopic (exact) mass is 229 g/mol. The molecule has 3 nitrogen and oxygen atoms in total. The Kier molecular flexibility index (Phi) is 2.75. The fraction of sp³-hybridized carbons (Fsp3) is 0.500. The summed E-state index contributed by atoms with van der Waals surface area (Å²) in [5.41, 5.74) is 2.33. The average Bonchev–Trinajstić information content (AvgIpc) is 3.07. The number of anilines is 1. The topological polar surface area (TPSA) is 40.7 Å². The van der Waals surface area contributed by atoms with Gasteiger partial charge in [-0.25, -0.2) is 0 Å². The summed E-state index contributed by atoms with van der Waals surface area (Å²) in [6, 6.07) is 6.96. The van der Waals surface area contributed by atoms with E-state index in [1.807, 2.05) is 6.20 Å². The van der Waals surface area contributed by atoms with E-state index in [1.54, 1.807) is 0 Å². The number of para-hydroxylation sites is 1. The summed E-state index contributed by atoms with van der Waals surface area (Å²) >= 11 is 0. The van der Waals surface area contributed by atoms with Crippen LogP contribution in [0.4, 0.5) is 5.69 Å². The first-order chi connectivity index (χ1) is 8.38. The van der Waals surface area contributed by atoms with Crippen LogP contribution in [-0.4, -0.2) is 16.2 Å². The number of nitrogens with zero attached hydrogens (tertiary/aromatic N) is 1. The lowest BCUT2D eigenvalue weighted by molar-refractivity contribution is 0.578. The zero-order valence-corrected chi connectivity index (χ0v) is 10.2. The Bertz CT molecular complexity index is 499. The lowest BCUT2D eigenvalue weighted by atomic mass is 10.1. The molecule has 17 heavy (non-hydrogen) atoms. The SMILES string of the molecule is CCCC(Nc1cccc2cn[nH]c12)C1CC1. The van der Waals surface area contributed by atoms with E-state index in [0.717, 1.165) is 11.4 Å². The van der Waals surface area contributed by atoms with E-state index >= 15 is 0 Å². The van der Waals surface area contributed by atoms with Crippen molar-refractivity contribution in [2.24, 2.45) is 5.92 Å². The molecule has 1 atom stereocenters. The molecule has 1 aliphatic carbocycles. The third-order valence-electron chi connectivity index (χ3n) is 3.61. The lowest BCUT2D eigenvalue weighted by Gasteiger charge is -2.19. The molecule has 2 N–H and O–H groups in total. The van der Waals surface area contributed by atoms with Crippen LogP contribution in [0.1, 0.15) is 32.6 Å². The first kappa shape index (κ1) is 10.6. The van der Waals surface area contributed by atoms with Crippen molar-refractivity contribution < 1.29 is 0 Å². The van der Waals surface area contributed by atoms with Crippen LogP contribution in [0, 0.1) is 5.92 Å². The molecule has 1 heterocycles. The third kappa shape index (κ3) is 2.14. The fourth-order valence-corrected chi connectivity index (χ4v) is 2.52. The van der Waals surface area contributed by atoms with Gasteiger partial charge in [0.05, 0.1) is 17.4 Å². The van der Waals surface area contributed by atoms with Crippen molar-refractivity contribution in [3.05, 3.63) is 24.4 Å². The molecule has 2 aromatic rings. The lowest BCUT2D eigenvalue weighted by Crippen LogP contribution is -2.21. The van der Waals surface area contributed by atoms with E-state index in [1.165, 1.54) is 36.8 Å². The van der Waals surface area contributed by atoms with Gasteiger partial charge in [0.15, 0.2) is 0 Å². The minimum atomic E-state index is 0.633. The summed E-state index contributed by atoms with van der Waals surface area (Å²) < 4.78 is 0. The number of hydrogen-bond acceptors (Lipinski definition) is 2. The highest BCUT2D eigenvalue weighted by atomic mass is 15.1. The van der Waals surface area contributed by atoms with E-state index in [4.69, 9.17) is 0 Å². The maximum absolute atomic E-state index is 4.11. The number of nitrogens with one attached hydrogen (secondary N) is 2. The number of hydrogen-bond donors (Lipinski definition) is 2. The highest BCUT2D eigenvalue weighted by Gasteiger charge is 2.30. The second-order valence-corrected chi connectivity index (χ2v) is 5.02. The number of fused-ring (bicyclic) bond motifs is 1.